The SMILES string of the molecule is O=c1ncc([N+](=O)[O-])cn1CC1(CBr)CC1. The van der Waals surface area contributed by atoms with Crippen molar-refractivity contribution in [3.63, 3.8) is 0 Å². The van der Waals surface area contributed by atoms with E-state index in [0.717, 1.165) is 24.4 Å². The van der Waals surface area contributed by atoms with Gasteiger partial charge in [0.15, 0.2) is 0 Å². The number of nitrogens with zero attached hydrogens (tertiary/aromatic N) is 3. The first-order chi connectivity index (χ1) is 7.56. The molecule has 7 heteroatoms. The van der Waals surface area contributed by atoms with E-state index in [9.17, 15) is 14.9 Å². The lowest BCUT2D eigenvalue weighted by molar-refractivity contribution is -0.385. The molecule has 0 N–H and O–H groups in total. The molecular weight excluding hydrogens is 278 g/mol. The summed E-state index contributed by atoms with van der Waals surface area (Å²) in [5.74, 6) is 0. The van der Waals surface area contributed by atoms with Gasteiger partial charge in [0.05, 0.1) is 11.1 Å². The molecule has 1 heterocycles. The van der Waals surface area contributed by atoms with E-state index < -0.39 is 10.6 Å². The Kier molecular flexibility index (Phi) is 2.79. The Balaban J connectivity index is 2.29. The molecule has 0 radical (unpaired) electrons. The lowest BCUT2D eigenvalue weighted by atomic mass is 10.1. The van der Waals surface area contributed by atoms with Crippen molar-refractivity contribution in [2.24, 2.45) is 5.41 Å². The van der Waals surface area contributed by atoms with Gasteiger partial charge in [0, 0.05) is 11.9 Å². The summed E-state index contributed by atoms with van der Waals surface area (Å²) in [6, 6.07) is 0. The molecule has 0 unspecified atom stereocenters. The van der Waals surface area contributed by atoms with Crippen molar-refractivity contribution in [1.29, 1.82) is 0 Å². The minimum Gasteiger partial charge on any atom is -0.292 e. The molecule has 0 spiro atoms. The van der Waals surface area contributed by atoms with Gasteiger partial charge >= 0.3 is 11.4 Å². The number of aromatic nitrogens is 2. The van der Waals surface area contributed by atoms with Crippen LogP contribution < -0.4 is 5.69 Å². The second kappa shape index (κ2) is 3.97. The Morgan fingerprint density at radius 3 is 2.81 bits per heavy atom. The number of hydrogen-bond donors (Lipinski definition) is 0. The number of rotatable bonds is 4. The minimum atomic E-state index is -0.545. The summed E-state index contributed by atoms with van der Waals surface area (Å²) >= 11 is 3.39. The highest BCUT2D eigenvalue weighted by Crippen LogP contribution is 2.48. The molecule has 0 atom stereocenters. The van der Waals surface area contributed by atoms with Gasteiger partial charge in [-0.05, 0) is 18.3 Å². The Labute approximate surface area is 99.6 Å². The van der Waals surface area contributed by atoms with Gasteiger partial charge in [-0.3, -0.25) is 14.7 Å². The summed E-state index contributed by atoms with van der Waals surface area (Å²) in [6.45, 7) is 0.492. The zero-order chi connectivity index (χ0) is 11.8. The van der Waals surface area contributed by atoms with Crippen molar-refractivity contribution < 1.29 is 4.92 Å². The molecule has 1 fully saturated rings. The largest absolute Gasteiger partial charge is 0.347 e. The van der Waals surface area contributed by atoms with Crippen LogP contribution in [0.5, 0.6) is 0 Å². The average molecular weight is 288 g/mol. The molecular formula is C9H10BrN3O3. The predicted octanol–water partition coefficient (Wildman–Crippen LogP) is 1.33. The Morgan fingerprint density at radius 2 is 2.31 bits per heavy atom. The lowest BCUT2D eigenvalue weighted by Gasteiger charge is -2.12. The van der Waals surface area contributed by atoms with E-state index >= 15 is 0 Å². The summed E-state index contributed by atoms with van der Waals surface area (Å²) in [6.07, 6.45) is 4.32. The number of alkyl halides is 1. The van der Waals surface area contributed by atoms with Crippen LogP contribution in [0.4, 0.5) is 5.69 Å². The third kappa shape index (κ3) is 2.13. The third-order valence-electron chi connectivity index (χ3n) is 2.80. The van der Waals surface area contributed by atoms with E-state index in [1.54, 1.807) is 0 Å². The van der Waals surface area contributed by atoms with Crippen LogP contribution in [-0.2, 0) is 6.54 Å². The quantitative estimate of drug-likeness (QED) is 0.475. The van der Waals surface area contributed by atoms with Crippen LogP contribution in [0.2, 0.25) is 0 Å². The molecule has 1 aliphatic carbocycles. The Morgan fingerprint density at radius 1 is 1.62 bits per heavy atom. The van der Waals surface area contributed by atoms with E-state index in [1.165, 1.54) is 10.8 Å². The van der Waals surface area contributed by atoms with E-state index in [-0.39, 0.29) is 11.1 Å². The second-order valence-electron chi connectivity index (χ2n) is 4.11. The summed E-state index contributed by atoms with van der Waals surface area (Å²) in [7, 11) is 0. The molecule has 0 saturated heterocycles. The number of nitro groups is 1. The standard InChI is InChI=1S/C9H10BrN3O3/c10-5-9(1-2-9)6-12-4-7(13(15)16)3-11-8(12)14/h3-4H,1-2,5-6H2. The molecule has 1 saturated carbocycles. The lowest BCUT2D eigenvalue weighted by Crippen LogP contribution is -2.27. The van der Waals surface area contributed by atoms with Crippen LogP contribution in [-0.4, -0.2) is 19.8 Å². The molecule has 1 aliphatic rings. The van der Waals surface area contributed by atoms with Crippen molar-refractivity contribution in [2.45, 2.75) is 19.4 Å². The summed E-state index contributed by atoms with van der Waals surface area (Å²) in [5.41, 5.74) is -0.497. The molecule has 86 valence electrons. The van der Waals surface area contributed by atoms with Crippen LogP contribution in [0.3, 0.4) is 0 Å². The third-order valence-corrected chi connectivity index (χ3v) is 3.99. The first kappa shape index (κ1) is 11.3. The summed E-state index contributed by atoms with van der Waals surface area (Å²) in [5, 5.41) is 11.4. The maximum Gasteiger partial charge on any atom is 0.347 e. The highest BCUT2D eigenvalue weighted by atomic mass is 79.9. The van der Waals surface area contributed by atoms with E-state index in [0.29, 0.717) is 6.54 Å². The maximum atomic E-state index is 11.4. The van der Waals surface area contributed by atoms with E-state index in [1.807, 2.05) is 0 Å². The van der Waals surface area contributed by atoms with Crippen molar-refractivity contribution >= 4 is 21.6 Å². The summed E-state index contributed by atoms with van der Waals surface area (Å²) in [4.78, 5) is 24.9. The second-order valence-corrected chi connectivity index (χ2v) is 4.67. The van der Waals surface area contributed by atoms with Crippen LogP contribution in [0.15, 0.2) is 17.2 Å². The van der Waals surface area contributed by atoms with E-state index in [2.05, 4.69) is 20.9 Å². The van der Waals surface area contributed by atoms with Crippen LogP contribution in [0, 0.1) is 15.5 Å². The monoisotopic (exact) mass is 287 g/mol. The van der Waals surface area contributed by atoms with Crippen molar-refractivity contribution in [2.75, 3.05) is 5.33 Å². The number of hydrogen-bond acceptors (Lipinski definition) is 4. The fraction of sp³-hybridized carbons (Fsp3) is 0.556. The van der Waals surface area contributed by atoms with Crippen molar-refractivity contribution in [3.05, 3.63) is 33.0 Å². The topological polar surface area (TPSA) is 78.0 Å². The highest BCUT2D eigenvalue weighted by Gasteiger charge is 2.42. The molecule has 0 aliphatic heterocycles. The van der Waals surface area contributed by atoms with E-state index in [4.69, 9.17) is 0 Å². The Hall–Kier alpha value is -1.24. The van der Waals surface area contributed by atoms with Gasteiger partial charge in [0.2, 0.25) is 0 Å². The average Bonchev–Trinajstić information content (AvgIpc) is 3.02. The molecule has 0 bridgehead atoms. The van der Waals surface area contributed by atoms with Gasteiger partial charge in [-0.15, -0.1) is 0 Å². The van der Waals surface area contributed by atoms with Gasteiger partial charge in [-0.1, -0.05) is 15.9 Å². The first-order valence-corrected chi connectivity index (χ1v) is 5.95. The fourth-order valence-corrected chi connectivity index (χ4v) is 2.26. The van der Waals surface area contributed by atoms with Gasteiger partial charge in [-0.25, -0.2) is 4.79 Å². The molecule has 1 aromatic rings. The first-order valence-electron chi connectivity index (χ1n) is 4.83. The fourth-order valence-electron chi connectivity index (χ4n) is 1.52. The molecule has 1 aromatic heterocycles. The smallest absolute Gasteiger partial charge is 0.292 e. The molecule has 0 aromatic carbocycles. The Bertz CT molecular complexity index is 481. The molecule has 6 nitrogen and oxygen atoms in total. The highest BCUT2D eigenvalue weighted by molar-refractivity contribution is 9.09. The molecule has 16 heavy (non-hydrogen) atoms. The number of halogens is 1. The van der Waals surface area contributed by atoms with Crippen LogP contribution >= 0.6 is 15.9 Å². The summed E-state index contributed by atoms with van der Waals surface area (Å²) < 4.78 is 1.33. The molecule has 0 amide bonds. The van der Waals surface area contributed by atoms with Gasteiger partial charge in [-0.2, -0.15) is 4.98 Å². The predicted molar refractivity (Wildman–Crippen MR) is 60.6 cm³/mol. The van der Waals surface area contributed by atoms with Gasteiger partial charge in [0.25, 0.3) is 0 Å². The van der Waals surface area contributed by atoms with Gasteiger partial charge < -0.3 is 0 Å². The van der Waals surface area contributed by atoms with Crippen LogP contribution in [0.25, 0.3) is 0 Å². The van der Waals surface area contributed by atoms with Crippen molar-refractivity contribution in [3.8, 4) is 0 Å². The minimum absolute atomic E-state index is 0.0841. The maximum absolute atomic E-state index is 11.4. The van der Waals surface area contributed by atoms with Gasteiger partial charge in [0.1, 0.15) is 6.20 Å². The van der Waals surface area contributed by atoms with Crippen LogP contribution in [0.1, 0.15) is 12.8 Å². The molecule has 2 rings (SSSR count). The van der Waals surface area contributed by atoms with Crippen molar-refractivity contribution in [1.82, 2.24) is 9.55 Å². The normalized spacial score (nSPS) is 17.1. The zero-order valence-electron chi connectivity index (χ0n) is 8.43. The zero-order valence-corrected chi connectivity index (χ0v) is 10.0.